The van der Waals surface area contributed by atoms with E-state index in [1.807, 2.05) is 0 Å². The zero-order valence-corrected chi connectivity index (χ0v) is 10.8. The number of carbonyl (C=O) groups excluding carboxylic acids is 2. The van der Waals surface area contributed by atoms with Crippen LogP contribution in [-0.4, -0.2) is 31.2 Å². The molecule has 0 heterocycles. The van der Waals surface area contributed by atoms with Gasteiger partial charge >= 0.3 is 11.9 Å². The summed E-state index contributed by atoms with van der Waals surface area (Å²) in [5.74, 6) is -2.14. The minimum Gasteiger partial charge on any atom is -0.468 e. The zero-order chi connectivity index (χ0) is 12.8. The Kier molecular flexibility index (Phi) is 6.36. The summed E-state index contributed by atoms with van der Waals surface area (Å²) in [5, 5.41) is 0. The van der Waals surface area contributed by atoms with Crippen LogP contribution in [0.3, 0.4) is 0 Å². The third kappa shape index (κ3) is 5.92. The normalized spacial score (nSPS) is 13.1. The fourth-order valence-corrected chi connectivity index (χ4v) is 1.16. The Morgan fingerprint density at radius 2 is 1.88 bits per heavy atom. The Morgan fingerprint density at radius 3 is 2.25 bits per heavy atom. The van der Waals surface area contributed by atoms with Crippen LogP contribution < -0.4 is 4.84 Å². The van der Waals surface area contributed by atoms with Crippen LogP contribution in [0.25, 0.3) is 0 Å². The van der Waals surface area contributed by atoms with E-state index < -0.39 is 23.5 Å². The van der Waals surface area contributed by atoms with Crippen LogP contribution >= 0.6 is 11.8 Å². The highest BCUT2D eigenvalue weighted by Crippen LogP contribution is 2.14. The average molecular weight is 252 g/mol. The first-order valence-electron chi connectivity index (χ1n) is 4.96. The molecule has 0 unspecified atom stereocenters. The summed E-state index contributed by atoms with van der Waals surface area (Å²) in [7, 11) is 1.23. The van der Waals surface area contributed by atoms with Gasteiger partial charge in [0.05, 0.1) is 7.11 Å². The molecule has 0 amide bonds. The number of hydrogen-bond acceptors (Lipinski definition) is 5. The molecule has 0 fully saturated rings. The molecule has 0 saturated carbocycles. The molecule has 1 atom stereocenters. The summed E-state index contributed by atoms with van der Waals surface area (Å²) in [6, 6.07) is 0. The van der Waals surface area contributed by atoms with E-state index in [4.69, 9.17) is 16.5 Å². The maximum absolute atomic E-state index is 11.7. The third-order valence-electron chi connectivity index (χ3n) is 1.70. The topological polar surface area (TPSA) is 64.6 Å². The number of nitrogens with one attached hydrogen (secondary N) is 1. The molecular weight excluding hydrogens is 234 g/mol. The van der Waals surface area contributed by atoms with Crippen molar-refractivity contribution in [2.75, 3.05) is 13.7 Å². The van der Waals surface area contributed by atoms with Crippen LogP contribution in [0.2, 0.25) is 0 Å². The summed E-state index contributed by atoms with van der Waals surface area (Å²) in [4.78, 5) is 25.4. The van der Waals surface area contributed by atoms with Gasteiger partial charge in [-0.2, -0.15) is 0 Å². The number of rotatable bonds is 5. The van der Waals surface area contributed by atoms with Crippen LogP contribution in [0.1, 0.15) is 27.2 Å². The lowest BCUT2D eigenvalue weighted by Gasteiger charge is -2.22. The van der Waals surface area contributed by atoms with Crippen molar-refractivity contribution in [1.82, 2.24) is 4.84 Å². The van der Waals surface area contributed by atoms with Crippen LogP contribution in [0, 0.1) is 5.92 Å². The highest BCUT2D eigenvalue weighted by Gasteiger charge is 2.31. The first kappa shape index (κ1) is 15.2. The molecule has 0 radical (unpaired) electrons. The van der Waals surface area contributed by atoms with Gasteiger partial charge in [-0.3, -0.25) is 9.59 Å². The van der Waals surface area contributed by atoms with E-state index >= 15 is 0 Å². The van der Waals surface area contributed by atoms with E-state index in [0.29, 0.717) is 6.54 Å². The SMILES string of the molecule is COC(=O)[C@H](CCNCl)C(=O)OC(C)(C)C. The van der Waals surface area contributed by atoms with Gasteiger partial charge in [0.25, 0.3) is 0 Å². The molecule has 0 aromatic heterocycles. The molecule has 0 bridgehead atoms. The molecule has 0 aliphatic rings. The first-order valence-corrected chi connectivity index (χ1v) is 5.33. The number of hydrogen-bond donors (Lipinski definition) is 1. The molecule has 94 valence electrons. The Hall–Kier alpha value is -0.810. The molecule has 0 spiro atoms. The van der Waals surface area contributed by atoms with Crippen molar-refractivity contribution >= 4 is 23.7 Å². The molecule has 1 N–H and O–H groups in total. The number of ether oxygens (including phenoxy) is 2. The highest BCUT2D eigenvalue weighted by molar-refractivity contribution is 6.13. The number of halogens is 1. The zero-order valence-electron chi connectivity index (χ0n) is 10.0. The van der Waals surface area contributed by atoms with Crippen molar-refractivity contribution in [1.29, 1.82) is 0 Å². The van der Waals surface area contributed by atoms with Gasteiger partial charge in [0.15, 0.2) is 5.92 Å². The Bertz CT molecular complexity index is 250. The maximum Gasteiger partial charge on any atom is 0.320 e. The van der Waals surface area contributed by atoms with Crippen molar-refractivity contribution in [3.05, 3.63) is 0 Å². The second kappa shape index (κ2) is 6.70. The summed E-state index contributed by atoms with van der Waals surface area (Å²) >= 11 is 5.28. The van der Waals surface area contributed by atoms with E-state index in [9.17, 15) is 9.59 Å². The van der Waals surface area contributed by atoms with Gasteiger partial charge in [-0.15, -0.1) is 0 Å². The molecule has 0 rings (SSSR count). The lowest BCUT2D eigenvalue weighted by molar-refractivity contribution is -0.168. The highest BCUT2D eigenvalue weighted by atomic mass is 35.5. The third-order valence-corrected chi connectivity index (χ3v) is 1.89. The molecule has 0 aliphatic carbocycles. The number of methoxy groups -OCH3 is 1. The predicted molar refractivity (Wildman–Crippen MR) is 59.8 cm³/mol. The van der Waals surface area contributed by atoms with Gasteiger partial charge in [-0.25, -0.2) is 4.84 Å². The molecule has 0 aromatic rings. The lowest BCUT2D eigenvalue weighted by atomic mass is 10.1. The average Bonchev–Trinajstić information content (AvgIpc) is 2.15. The van der Waals surface area contributed by atoms with Gasteiger partial charge in [-0.1, -0.05) is 0 Å². The van der Waals surface area contributed by atoms with Crippen molar-refractivity contribution in [2.45, 2.75) is 32.8 Å². The van der Waals surface area contributed by atoms with Crippen molar-refractivity contribution in [3.8, 4) is 0 Å². The van der Waals surface area contributed by atoms with Crippen LogP contribution in [0.4, 0.5) is 0 Å². The van der Waals surface area contributed by atoms with E-state index in [1.165, 1.54) is 7.11 Å². The van der Waals surface area contributed by atoms with Crippen LogP contribution in [0.15, 0.2) is 0 Å². The fourth-order valence-electron chi connectivity index (χ4n) is 1.05. The van der Waals surface area contributed by atoms with E-state index in [-0.39, 0.29) is 6.42 Å². The summed E-state index contributed by atoms with van der Waals surface area (Å²) < 4.78 is 9.64. The van der Waals surface area contributed by atoms with Gasteiger partial charge in [-0.05, 0) is 39.0 Å². The van der Waals surface area contributed by atoms with Gasteiger partial charge in [0.2, 0.25) is 0 Å². The maximum atomic E-state index is 11.7. The van der Waals surface area contributed by atoms with E-state index in [1.54, 1.807) is 20.8 Å². The Labute approximate surface area is 101 Å². The molecule has 0 saturated heterocycles. The van der Waals surface area contributed by atoms with Crippen LogP contribution in [-0.2, 0) is 19.1 Å². The van der Waals surface area contributed by atoms with Crippen molar-refractivity contribution in [2.24, 2.45) is 5.92 Å². The smallest absolute Gasteiger partial charge is 0.320 e. The molecule has 0 aliphatic heterocycles. The second-order valence-electron chi connectivity index (χ2n) is 4.28. The predicted octanol–water partition coefficient (Wildman–Crippen LogP) is 1.25. The lowest BCUT2D eigenvalue weighted by Crippen LogP contribution is -2.34. The second-order valence-corrected chi connectivity index (χ2v) is 4.55. The van der Waals surface area contributed by atoms with Gasteiger partial charge in [0.1, 0.15) is 5.60 Å². The largest absolute Gasteiger partial charge is 0.468 e. The molecule has 5 nitrogen and oxygen atoms in total. The van der Waals surface area contributed by atoms with E-state index in [2.05, 4.69) is 9.57 Å². The summed E-state index contributed by atoms with van der Waals surface area (Å²) in [6.45, 7) is 5.53. The Balaban J connectivity index is 4.50. The van der Waals surface area contributed by atoms with E-state index in [0.717, 1.165) is 0 Å². The minimum atomic E-state index is -0.935. The minimum absolute atomic E-state index is 0.241. The fraction of sp³-hybridized carbons (Fsp3) is 0.800. The Morgan fingerprint density at radius 1 is 1.31 bits per heavy atom. The monoisotopic (exact) mass is 251 g/mol. The molecule has 0 aromatic carbocycles. The summed E-state index contributed by atoms with van der Waals surface area (Å²) in [6.07, 6.45) is 0.241. The van der Waals surface area contributed by atoms with Gasteiger partial charge < -0.3 is 9.47 Å². The number of esters is 2. The first-order chi connectivity index (χ1) is 7.31. The standard InChI is InChI=1S/C10H18ClNO4/c1-10(2,3)16-9(14)7(5-6-12-11)8(13)15-4/h7,12H,5-6H2,1-4H3/t7-/m0/s1. The molecule has 16 heavy (non-hydrogen) atoms. The quantitative estimate of drug-likeness (QED) is 0.453. The van der Waals surface area contributed by atoms with Crippen molar-refractivity contribution in [3.63, 3.8) is 0 Å². The summed E-state index contributed by atoms with van der Waals surface area (Å²) in [5.41, 5.74) is -0.627. The van der Waals surface area contributed by atoms with Gasteiger partial charge in [0, 0.05) is 6.54 Å². The van der Waals surface area contributed by atoms with Crippen LogP contribution in [0.5, 0.6) is 0 Å². The number of carbonyl (C=O) groups is 2. The molecular formula is C10H18ClNO4. The molecule has 6 heteroatoms. The van der Waals surface area contributed by atoms with Crippen molar-refractivity contribution < 1.29 is 19.1 Å².